The van der Waals surface area contributed by atoms with Crippen molar-refractivity contribution in [2.75, 3.05) is 14.2 Å². The highest BCUT2D eigenvalue weighted by Gasteiger charge is 2.29. The first-order chi connectivity index (χ1) is 14.7. The third-order valence-electron chi connectivity index (χ3n) is 4.96. The average molecular weight is 404 g/mol. The number of nitrogens with one attached hydrogen (secondary N) is 1. The van der Waals surface area contributed by atoms with Crippen LogP contribution in [0.1, 0.15) is 24.0 Å². The highest BCUT2D eigenvalue weighted by molar-refractivity contribution is 5.90. The van der Waals surface area contributed by atoms with Crippen LogP contribution in [0.15, 0.2) is 59.8 Å². The van der Waals surface area contributed by atoms with Crippen LogP contribution in [0.25, 0.3) is 11.3 Å². The number of carbonyl (C=O) groups is 1. The predicted octanol–water partition coefficient (Wildman–Crippen LogP) is 3.48. The molecular weight excluding hydrogens is 380 g/mol. The summed E-state index contributed by atoms with van der Waals surface area (Å²) in [5.74, 6) is 1.35. The van der Waals surface area contributed by atoms with Crippen molar-refractivity contribution in [2.24, 2.45) is 11.0 Å². The van der Waals surface area contributed by atoms with Crippen LogP contribution in [0.5, 0.6) is 11.5 Å². The lowest BCUT2D eigenvalue weighted by Gasteiger charge is -2.09. The van der Waals surface area contributed by atoms with Crippen LogP contribution in [0.4, 0.5) is 0 Å². The molecule has 1 amide bonds. The van der Waals surface area contributed by atoms with Gasteiger partial charge in [-0.2, -0.15) is 10.2 Å². The number of amides is 1. The van der Waals surface area contributed by atoms with Crippen molar-refractivity contribution in [1.29, 1.82) is 0 Å². The molecule has 2 aromatic carbocycles. The fourth-order valence-electron chi connectivity index (χ4n) is 3.19. The number of hydrogen-bond donors (Lipinski definition) is 1. The maximum atomic E-state index is 11.9. The molecule has 0 radical (unpaired) electrons. The summed E-state index contributed by atoms with van der Waals surface area (Å²) in [5, 5.41) is 8.92. The maximum absolute atomic E-state index is 11.9. The summed E-state index contributed by atoms with van der Waals surface area (Å²) >= 11 is 0. The Morgan fingerprint density at radius 2 is 1.93 bits per heavy atom. The third-order valence-corrected chi connectivity index (χ3v) is 4.96. The Morgan fingerprint density at radius 3 is 2.63 bits per heavy atom. The Kier molecular flexibility index (Phi) is 5.79. The number of hydrogen-bond acceptors (Lipinski definition) is 5. The van der Waals surface area contributed by atoms with E-state index in [-0.39, 0.29) is 11.8 Å². The van der Waals surface area contributed by atoms with Gasteiger partial charge < -0.3 is 9.47 Å². The van der Waals surface area contributed by atoms with Gasteiger partial charge in [-0.3, -0.25) is 9.48 Å². The quantitative estimate of drug-likeness (QED) is 0.461. The fourth-order valence-corrected chi connectivity index (χ4v) is 3.19. The lowest BCUT2D eigenvalue weighted by molar-refractivity contribution is -0.122. The standard InChI is InChI=1S/C23H24N4O3/c1-29-20-11-10-18(12-21(20)30-2)22-19(13-24-25-23(28)17-8-9-17)15-27(26-22)14-16-6-4-3-5-7-16/h3-7,10-13,15,17H,8-9,14H2,1-2H3,(H,25,28)/b24-13-. The summed E-state index contributed by atoms with van der Waals surface area (Å²) in [7, 11) is 3.21. The van der Waals surface area contributed by atoms with Gasteiger partial charge >= 0.3 is 0 Å². The number of nitrogens with zero attached hydrogens (tertiary/aromatic N) is 3. The van der Waals surface area contributed by atoms with E-state index in [0.29, 0.717) is 18.0 Å². The molecule has 0 aliphatic heterocycles. The van der Waals surface area contributed by atoms with Crippen molar-refractivity contribution >= 4 is 12.1 Å². The molecule has 30 heavy (non-hydrogen) atoms. The van der Waals surface area contributed by atoms with E-state index in [1.54, 1.807) is 20.4 Å². The van der Waals surface area contributed by atoms with E-state index < -0.39 is 0 Å². The molecule has 1 heterocycles. The number of benzene rings is 2. The number of aromatic nitrogens is 2. The van der Waals surface area contributed by atoms with E-state index in [4.69, 9.17) is 14.6 Å². The van der Waals surface area contributed by atoms with Gasteiger partial charge in [0, 0.05) is 23.2 Å². The first kappa shape index (κ1) is 19.7. The van der Waals surface area contributed by atoms with E-state index in [1.807, 2.05) is 47.3 Å². The lowest BCUT2D eigenvalue weighted by Crippen LogP contribution is -2.18. The summed E-state index contributed by atoms with van der Waals surface area (Å²) in [6.07, 6.45) is 5.44. The zero-order chi connectivity index (χ0) is 20.9. The molecule has 0 atom stereocenters. The molecule has 0 bridgehead atoms. The van der Waals surface area contributed by atoms with E-state index >= 15 is 0 Å². The summed E-state index contributed by atoms with van der Waals surface area (Å²) < 4.78 is 12.6. The van der Waals surface area contributed by atoms with Crippen LogP contribution in [-0.2, 0) is 11.3 Å². The van der Waals surface area contributed by atoms with Crippen LogP contribution >= 0.6 is 0 Å². The zero-order valence-corrected chi connectivity index (χ0v) is 17.0. The fraction of sp³-hybridized carbons (Fsp3) is 0.261. The highest BCUT2D eigenvalue weighted by Crippen LogP contribution is 2.33. The molecule has 1 aliphatic rings. The zero-order valence-electron chi connectivity index (χ0n) is 17.0. The van der Waals surface area contributed by atoms with Gasteiger partial charge in [0.25, 0.3) is 0 Å². The van der Waals surface area contributed by atoms with Crippen LogP contribution in [0.2, 0.25) is 0 Å². The number of rotatable bonds is 8. The second-order valence-electron chi connectivity index (χ2n) is 7.19. The summed E-state index contributed by atoms with van der Waals surface area (Å²) in [4.78, 5) is 11.9. The topological polar surface area (TPSA) is 77.7 Å². The molecule has 1 saturated carbocycles. The Hall–Kier alpha value is -3.61. The molecule has 1 aromatic heterocycles. The molecule has 4 rings (SSSR count). The minimum absolute atomic E-state index is 0.0319. The molecule has 0 saturated heterocycles. The first-order valence-electron chi connectivity index (χ1n) is 9.84. The molecule has 0 spiro atoms. The van der Waals surface area contributed by atoms with Crippen LogP contribution in [-0.4, -0.2) is 36.1 Å². The lowest BCUT2D eigenvalue weighted by atomic mass is 10.1. The monoisotopic (exact) mass is 404 g/mol. The molecular formula is C23H24N4O3. The van der Waals surface area contributed by atoms with Crippen molar-refractivity contribution in [3.63, 3.8) is 0 Å². The van der Waals surface area contributed by atoms with Crippen LogP contribution in [0, 0.1) is 5.92 Å². The molecule has 7 nitrogen and oxygen atoms in total. The van der Waals surface area contributed by atoms with Gasteiger partial charge in [-0.15, -0.1) is 0 Å². The Morgan fingerprint density at radius 1 is 1.17 bits per heavy atom. The minimum Gasteiger partial charge on any atom is -0.493 e. The second-order valence-corrected chi connectivity index (χ2v) is 7.19. The predicted molar refractivity (Wildman–Crippen MR) is 115 cm³/mol. The van der Waals surface area contributed by atoms with E-state index in [0.717, 1.165) is 35.2 Å². The normalized spacial score (nSPS) is 13.4. The SMILES string of the molecule is COc1ccc(-c2nn(Cc3ccccc3)cc2/C=N\NC(=O)C2CC2)cc1OC. The van der Waals surface area contributed by atoms with Gasteiger partial charge in [0.2, 0.25) is 5.91 Å². The van der Waals surface area contributed by atoms with Gasteiger partial charge in [0.1, 0.15) is 5.69 Å². The summed E-state index contributed by atoms with van der Waals surface area (Å²) in [5.41, 5.74) is 6.18. The largest absolute Gasteiger partial charge is 0.493 e. The van der Waals surface area contributed by atoms with Crippen molar-refractivity contribution in [2.45, 2.75) is 19.4 Å². The van der Waals surface area contributed by atoms with Crippen molar-refractivity contribution in [3.05, 3.63) is 65.9 Å². The first-order valence-corrected chi connectivity index (χ1v) is 9.84. The van der Waals surface area contributed by atoms with Gasteiger partial charge in [0.05, 0.1) is 27.0 Å². The third kappa shape index (κ3) is 4.51. The average Bonchev–Trinajstić information content (AvgIpc) is 3.56. The number of methoxy groups -OCH3 is 2. The Labute approximate surface area is 175 Å². The molecule has 154 valence electrons. The molecule has 0 unspecified atom stereocenters. The number of carbonyl (C=O) groups excluding carboxylic acids is 1. The molecule has 7 heteroatoms. The van der Waals surface area contributed by atoms with E-state index in [1.165, 1.54) is 0 Å². The number of ether oxygens (including phenoxy) is 2. The highest BCUT2D eigenvalue weighted by atomic mass is 16.5. The van der Waals surface area contributed by atoms with Gasteiger partial charge in [0.15, 0.2) is 11.5 Å². The minimum atomic E-state index is -0.0319. The smallest absolute Gasteiger partial charge is 0.243 e. The number of hydrazone groups is 1. The Balaban J connectivity index is 1.65. The van der Waals surface area contributed by atoms with Crippen LogP contribution < -0.4 is 14.9 Å². The summed E-state index contributed by atoms with van der Waals surface area (Å²) in [6.45, 7) is 0.628. The van der Waals surface area contributed by atoms with Gasteiger partial charge in [-0.1, -0.05) is 30.3 Å². The van der Waals surface area contributed by atoms with Gasteiger partial charge in [-0.05, 0) is 36.6 Å². The van der Waals surface area contributed by atoms with E-state index in [9.17, 15) is 4.79 Å². The summed E-state index contributed by atoms with van der Waals surface area (Å²) in [6, 6.07) is 15.8. The van der Waals surface area contributed by atoms with Crippen molar-refractivity contribution < 1.29 is 14.3 Å². The molecule has 3 aromatic rings. The molecule has 1 fully saturated rings. The second kappa shape index (κ2) is 8.82. The van der Waals surface area contributed by atoms with Crippen LogP contribution in [0.3, 0.4) is 0 Å². The van der Waals surface area contributed by atoms with Crippen molar-refractivity contribution in [1.82, 2.24) is 15.2 Å². The van der Waals surface area contributed by atoms with E-state index in [2.05, 4.69) is 22.7 Å². The maximum Gasteiger partial charge on any atom is 0.243 e. The molecule has 1 aliphatic carbocycles. The Bertz CT molecular complexity index is 1060. The van der Waals surface area contributed by atoms with Crippen molar-refractivity contribution in [3.8, 4) is 22.8 Å². The van der Waals surface area contributed by atoms with Gasteiger partial charge in [-0.25, -0.2) is 5.43 Å². The molecule has 1 N–H and O–H groups in total.